The Bertz CT molecular complexity index is 267. The quantitative estimate of drug-likeness (QED) is 0.702. The first-order valence-electron chi connectivity index (χ1n) is 9.59. The maximum absolute atomic E-state index is 13.5. The van der Waals surface area contributed by atoms with Crippen molar-refractivity contribution in [3.05, 3.63) is 0 Å². The molecular weight excluding hydrogens is 280 g/mol. The van der Waals surface area contributed by atoms with Gasteiger partial charge in [-0.15, -0.1) is 0 Å². The van der Waals surface area contributed by atoms with E-state index in [1.807, 2.05) is 13.8 Å². The summed E-state index contributed by atoms with van der Waals surface area (Å²) in [5.74, 6) is 2.41. The van der Waals surface area contributed by atoms with Crippen LogP contribution in [0.25, 0.3) is 0 Å². The third-order valence-corrected chi connectivity index (χ3v) is 5.63. The fourth-order valence-electron chi connectivity index (χ4n) is 4.33. The number of alkyl halides is 2. The zero-order chi connectivity index (χ0) is 16.5. The zero-order valence-electron chi connectivity index (χ0n) is 15.1. The van der Waals surface area contributed by atoms with Gasteiger partial charge in [0.25, 0.3) is 0 Å². The van der Waals surface area contributed by atoms with Crippen molar-refractivity contribution in [2.45, 2.75) is 85.0 Å². The normalized spacial score (nSPS) is 37.1. The van der Waals surface area contributed by atoms with E-state index in [-0.39, 0.29) is 6.42 Å². The third-order valence-electron chi connectivity index (χ3n) is 5.63. The standard InChI is InChI=1S/C17H31F2N.C2H6/c1-3-20-11-12(2)13-4-6-14(7-5-13)15-8-16(18)10-17(19)9-15;1-2/h12-17,20H,3-11H2,1-2H3;1-2H3. The summed E-state index contributed by atoms with van der Waals surface area (Å²) >= 11 is 0. The van der Waals surface area contributed by atoms with E-state index in [0.29, 0.717) is 24.7 Å². The van der Waals surface area contributed by atoms with E-state index in [1.54, 1.807) is 0 Å². The first-order valence-corrected chi connectivity index (χ1v) is 9.59. The fourth-order valence-corrected chi connectivity index (χ4v) is 4.33. The molecule has 0 aromatic heterocycles. The van der Waals surface area contributed by atoms with E-state index in [2.05, 4.69) is 19.2 Å². The van der Waals surface area contributed by atoms with E-state index in [1.165, 1.54) is 25.7 Å². The summed E-state index contributed by atoms with van der Waals surface area (Å²) in [4.78, 5) is 0. The van der Waals surface area contributed by atoms with Crippen LogP contribution in [0.4, 0.5) is 8.78 Å². The summed E-state index contributed by atoms with van der Waals surface area (Å²) in [6, 6.07) is 0. The minimum atomic E-state index is -0.894. The molecule has 0 aromatic rings. The van der Waals surface area contributed by atoms with Gasteiger partial charge in [-0.05, 0) is 75.3 Å². The van der Waals surface area contributed by atoms with E-state index in [9.17, 15) is 8.78 Å². The minimum Gasteiger partial charge on any atom is -0.317 e. The second-order valence-corrected chi connectivity index (χ2v) is 7.12. The molecule has 3 atom stereocenters. The molecule has 3 unspecified atom stereocenters. The lowest BCUT2D eigenvalue weighted by Gasteiger charge is -2.39. The fraction of sp³-hybridized carbons (Fsp3) is 1.00. The van der Waals surface area contributed by atoms with E-state index in [0.717, 1.165) is 24.9 Å². The molecule has 132 valence electrons. The van der Waals surface area contributed by atoms with Gasteiger partial charge in [-0.2, -0.15) is 0 Å². The summed E-state index contributed by atoms with van der Waals surface area (Å²) in [7, 11) is 0. The highest BCUT2D eigenvalue weighted by Crippen LogP contribution is 2.42. The summed E-state index contributed by atoms with van der Waals surface area (Å²) in [6.45, 7) is 10.6. The molecule has 22 heavy (non-hydrogen) atoms. The van der Waals surface area contributed by atoms with E-state index >= 15 is 0 Å². The lowest BCUT2D eigenvalue weighted by atomic mass is 9.68. The minimum absolute atomic E-state index is 0.144. The SMILES string of the molecule is CC.CCNCC(C)C1CCC(C2CC(F)CC(F)C2)CC1. The van der Waals surface area contributed by atoms with Gasteiger partial charge in [0.15, 0.2) is 0 Å². The van der Waals surface area contributed by atoms with Gasteiger partial charge in [-0.3, -0.25) is 0 Å². The van der Waals surface area contributed by atoms with Gasteiger partial charge in [-0.25, -0.2) is 8.78 Å². The highest BCUT2D eigenvalue weighted by Gasteiger charge is 2.36. The van der Waals surface area contributed by atoms with Crippen molar-refractivity contribution in [1.82, 2.24) is 5.32 Å². The highest BCUT2D eigenvalue weighted by atomic mass is 19.1. The molecule has 2 aliphatic carbocycles. The summed E-state index contributed by atoms with van der Waals surface area (Å²) in [5.41, 5.74) is 0. The second kappa shape index (κ2) is 10.6. The molecule has 2 saturated carbocycles. The van der Waals surface area contributed by atoms with Gasteiger partial charge in [-0.1, -0.05) is 27.7 Å². The topological polar surface area (TPSA) is 12.0 Å². The van der Waals surface area contributed by atoms with Crippen LogP contribution in [-0.2, 0) is 0 Å². The van der Waals surface area contributed by atoms with Crippen LogP contribution < -0.4 is 5.32 Å². The molecule has 0 aromatic carbocycles. The van der Waals surface area contributed by atoms with Crippen LogP contribution in [0.1, 0.15) is 72.6 Å². The molecule has 0 amide bonds. The Morgan fingerprint density at radius 2 is 1.45 bits per heavy atom. The first kappa shape index (κ1) is 19.9. The Labute approximate surface area is 136 Å². The third kappa shape index (κ3) is 6.14. The Balaban J connectivity index is 0.00000116. The van der Waals surface area contributed by atoms with E-state index in [4.69, 9.17) is 0 Å². The molecular formula is C19H37F2N. The van der Waals surface area contributed by atoms with Crippen LogP contribution in [0.15, 0.2) is 0 Å². The predicted molar refractivity (Wildman–Crippen MR) is 91.6 cm³/mol. The zero-order valence-corrected chi connectivity index (χ0v) is 15.1. The summed E-state index contributed by atoms with van der Waals surface area (Å²) in [6.07, 6.45) is 4.46. The average Bonchev–Trinajstić information content (AvgIpc) is 2.54. The number of halogens is 2. The molecule has 2 fully saturated rings. The predicted octanol–water partition coefficient (Wildman–Crippen LogP) is 5.54. The monoisotopic (exact) mass is 317 g/mol. The van der Waals surface area contributed by atoms with Gasteiger partial charge in [0.05, 0.1) is 0 Å². The lowest BCUT2D eigenvalue weighted by Crippen LogP contribution is -2.34. The molecule has 1 nitrogen and oxygen atoms in total. The molecule has 0 saturated heterocycles. The van der Waals surface area contributed by atoms with Crippen molar-refractivity contribution in [2.75, 3.05) is 13.1 Å². The van der Waals surface area contributed by atoms with Crippen molar-refractivity contribution in [3.63, 3.8) is 0 Å². The van der Waals surface area contributed by atoms with Crippen LogP contribution >= 0.6 is 0 Å². The molecule has 0 bridgehead atoms. The van der Waals surface area contributed by atoms with Crippen LogP contribution in [0.3, 0.4) is 0 Å². The maximum Gasteiger partial charge on any atom is 0.103 e. The summed E-state index contributed by atoms with van der Waals surface area (Å²) in [5, 5.41) is 3.43. The highest BCUT2D eigenvalue weighted by molar-refractivity contribution is 4.86. The first-order chi connectivity index (χ1) is 10.6. The molecule has 0 spiro atoms. The van der Waals surface area contributed by atoms with Gasteiger partial charge in [0, 0.05) is 6.42 Å². The number of hydrogen-bond acceptors (Lipinski definition) is 1. The maximum atomic E-state index is 13.5. The second-order valence-electron chi connectivity index (χ2n) is 7.12. The number of hydrogen-bond donors (Lipinski definition) is 1. The van der Waals surface area contributed by atoms with Crippen molar-refractivity contribution in [1.29, 1.82) is 0 Å². The Hall–Kier alpha value is -0.180. The molecule has 3 heteroatoms. The van der Waals surface area contributed by atoms with Crippen molar-refractivity contribution >= 4 is 0 Å². The van der Waals surface area contributed by atoms with Gasteiger partial charge in [0.2, 0.25) is 0 Å². The molecule has 2 rings (SSSR count). The van der Waals surface area contributed by atoms with Crippen molar-refractivity contribution < 1.29 is 8.78 Å². The van der Waals surface area contributed by atoms with Gasteiger partial charge in [0.1, 0.15) is 12.3 Å². The van der Waals surface area contributed by atoms with Crippen LogP contribution in [0.5, 0.6) is 0 Å². The van der Waals surface area contributed by atoms with Gasteiger partial charge >= 0.3 is 0 Å². The molecule has 1 N–H and O–H groups in total. The Morgan fingerprint density at radius 1 is 0.909 bits per heavy atom. The van der Waals surface area contributed by atoms with Crippen LogP contribution in [0, 0.1) is 23.7 Å². The average molecular weight is 318 g/mol. The molecule has 2 aliphatic rings. The Kier molecular flexibility index (Phi) is 9.54. The smallest absolute Gasteiger partial charge is 0.103 e. The molecule has 0 aliphatic heterocycles. The van der Waals surface area contributed by atoms with Crippen molar-refractivity contribution in [3.8, 4) is 0 Å². The van der Waals surface area contributed by atoms with Crippen LogP contribution in [-0.4, -0.2) is 25.4 Å². The van der Waals surface area contributed by atoms with E-state index < -0.39 is 12.3 Å². The lowest BCUT2D eigenvalue weighted by molar-refractivity contribution is 0.0627. The number of nitrogens with one attached hydrogen (secondary N) is 1. The largest absolute Gasteiger partial charge is 0.317 e. The number of rotatable bonds is 5. The Morgan fingerprint density at radius 3 is 1.95 bits per heavy atom. The molecule has 0 radical (unpaired) electrons. The van der Waals surface area contributed by atoms with Crippen molar-refractivity contribution in [2.24, 2.45) is 23.7 Å². The van der Waals surface area contributed by atoms with Crippen LogP contribution in [0.2, 0.25) is 0 Å². The van der Waals surface area contributed by atoms with Gasteiger partial charge < -0.3 is 5.32 Å². The summed E-state index contributed by atoms with van der Waals surface area (Å²) < 4.78 is 27.1. The molecule has 0 heterocycles.